The third-order valence-electron chi connectivity index (χ3n) is 2.48. The summed E-state index contributed by atoms with van der Waals surface area (Å²) in [5.41, 5.74) is 0.694. The molecule has 20 heavy (non-hydrogen) atoms. The Morgan fingerprint density at radius 2 is 1.95 bits per heavy atom. The van der Waals surface area contributed by atoms with Crippen molar-refractivity contribution in [3.63, 3.8) is 0 Å². The molecule has 0 aliphatic heterocycles. The number of benzene rings is 1. The zero-order chi connectivity index (χ0) is 15.0. The molecule has 0 heterocycles. The van der Waals surface area contributed by atoms with Crippen molar-refractivity contribution in [1.29, 1.82) is 0 Å². The Morgan fingerprint density at radius 3 is 2.50 bits per heavy atom. The molecule has 1 N–H and O–H groups in total. The third kappa shape index (κ3) is 5.52. The fourth-order valence-corrected chi connectivity index (χ4v) is 2.07. The molecule has 0 saturated heterocycles. The summed E-state index contributed by atoms with van der Waals surface area (Å²) in [6.45, 7) is 3.86. The average Bonchev–Trinajstić information content (AvgIpc) is 2.45. The SMILES string of the molecule is CCOC(=O)CS[C@@H](C)C(=O)Nc1ccc(OC)cc1. The summed E-state index contributed by atoms with van der Waals surface area (Å²) in [6.07, 6.45) is 0. The Balaban J connectivity index is 2.42. The molecule has 0 bridgehead atoms. The first kappa shape index (κ1) is 16.4. The topological polar surface area (TPSA) is 64.6 Å². The largest absolute Gasteiger partial charge is 0.497 e. The Hall–Kier alpha value is -1.69. The normalized spacial score (nSPS) is 11.6. The second kappa shape index (κ2) is 8.47. The quantitative estimate of drug-likeness (QED) is 0.782. The molecule has 5 nitrogen and oxygen atoms in total. The Morgan fingerprint density at radius 1 is 1.30 bits per heavy atom. The lowest BCUT2D eigenvalue weighted by Gasteiger charge is -2.12. The molecule has 1 aromatic rings. The molecule has 0 aliphatic rings. The number of amides is 1. The summed E-state index contributed by atoms with van der Waals surface area (Å²) in [5, 5.41) is 2.45. The molecule has 6 heteroatoms. The summed E-state index contributed by atoms with van der Waals surface area (Å²) >= 11 is 1.25. The lowest BCUT2D eigenvalue weighted by atomic mass is 10.3. The smallest absolute Gasteiger partial charge is 0.315 e. The summed E-state index contributed by atoms with van der Waals surface area (Å²) in [5.74, 6) is 0.448. The van der Waals surface area contributed by atoms with Crippen molar-refractivity contribution in [1.82, 2.24) is 0 Å². The van der Waals surface area contributed by atoms with E-state index >= 15 is 0 Å². The van der Waals surface area contributed by atoms with Gasteiger partial charge in [0.15, 0.2) is 0 Å². The first-order valence-electron chi connectivity index (χ1n) is 6.29. The predicted octanol–water partition coefficient (Wildman–Crippen LogP) is 2.32. The fourth-order valence-electron chi connectivity index (χ4n) is 1.39. The highest BCUT2D eigenvalue weighted by Crippen LogP contribution is 2.17. The highest BCUT2D eigenvalue weighted by Gasteiger charge is 2.15. The van der Waals surface area contributed by atoms with Crippen LogP contribution >= 0.6 is 11.8 Å². The van der Waals surface area contributed by atoms with E-state index in [2.05, 4.69) is 5.32 Å². The van der Waals surface area contributed by atoms with Gasteiger partial charge in [0.2, 0.25) is 5.91 Å². The zero-order valence-electron chi connectivity index (χ0n) is 11.8. The van der Waals surface area contributed by atoms with Crippen molar-refractivity contribution in [3.05, 3.63) is 24.3 Å². The molecule has 1 rings (SSSR count). The van der Waals surface area contributed by atoms with Crippen molar-refractivity contribution in [2.24, 2.45) is 0 Å². The van der Waals surface area contributed by atoms with Crippen molar-refractivity contribution >= 4 is 29.3 Å². The first-order valence-corrected chi connectivity index (χ1v) is 7.33. The molecule has 0 radical (unpaired) electrons. The maximum absolute atomic E-state index is 11.9. The van der Waals surface area contributed by atoms with E-state index in [-0.39, 0.29) is 22.9 Å². The van der Waals surface area contributed by atoms with Gasteiger partial charge in [-0.1, -0.05) is 0 Å². The van der Waals surface area contributed by atoms with Crippen LogP contribution in [0.1, 0.15) is 13.8 Å². The second-order valence-corrected chi connectivity index (χ2v) is 5.31. The number of esters is 1. The molecule has 1 amide bonds. The Labute approximate surface area is 123 Å². The van der Waals surface area contributed by atoms with Gasteiger partial charge < -0.3 is 14.8 Å². The number of hydrogen-bond donors (Lipinski definition) is 1. The zero-order valence-corrected chi connectivity index (χ0v) is 12.7. The van der Waals surface area contributed by atoms with Crippen LogP contribution < -0.4 is 10.1 Å². The van der Waals surface area contributed by atoms with Crippen LogP contribution in [0.4, 0.5) is 5.69 Å². The maximum atomic E-state index is 11.9. The van der Waals surface area contributed by atoms with Crippen molar-refractivity contribution in [2.45, 2.75) is 19.1 Å². The molecule has 0 aliphatic carbocycles. The van der Waals surface area contributed by atoms with Gasteiger partial charge in [-0.3, -0.25) is 9.59 Å². The van der Waals surface area contributed by atoms with Crippen molar-refractivity contribution in [3.8, 4) is 5.75 Å². The van der Waals surface area contributed by atoms with Gasteiger partial charge in [-0.25, -0.2) is 0 Å². The average molecular weight is 297 g/mol. The molecular weight excluding hydrogens is 278 g/mol. The molecule has 0 fully saturated rings. The van der Waals surface area contributed by atoms with E-state index < -0.39 is 0 Å². The van der Waals surface area contributed by atoms with Gasteiger partial charge in [0.25, 0.3) is 0 Å². The van der Waals surface area contributed by atoms with E-state index in [9.17, 15) is 9.59 Å². The molecular formula is C14H19NO4S. The lowest BCUT2D eigenvalue weighted by Crippen LogP contribution is -2.24. The minimum Gasteiger partial charge on any atom is -0.497 e. The summed E-state index contributed by atoms with van der Waals surface area (Å²) in [4.78, 5) is 23.1. The third-order valence-corrected chi connectivity index (χ3v) is 3.60. The van der Waals surface area contributed by atoms with Crippen LogP contribution in [-0.4, -0.2) is 36.6 Å². The molecule has 0 aromatic heterocycles. The van der Waals surface area contributed by atoms with E-state index in [1.54, 1.807) is 45.2 Å². The molecule has 1 aromatic carbocycles. The number of rotatable bonds is 7. The van der Waals surface area contributed by atoms with E-state index in [0.717, 1.165) is 5.75 Å². The number of carbonyl (C=O) groups excluding carboxylic acids is 2. The standard InChI is InChI=1S/C14H19NO4S/c1-4-19-13(16)9-20-10(2)14(17)15-11-5-7-12(18-3)8-6-11/h5-8,10H,4,9H2,1-3H3,(H,15,17)/t10-/m0/s1. The predicted molar refractivity (Wildman–Crippen MR) is 80.2 cm³/mol. The van der Waals surface area contributed by atoms with Gasteiger partial charge in [-0.2, -0.15) is 0 Å². The minimum absolute atomic E-state index is 0.149. The van der Waals surface area contributed by atoms with Gasteiger partial charge in [0.05, 0.1) is 24.7 Å². The van der Waals surface area contributed by atoms with Crippen LogP contribution in [-0.2, 0) is 14.3 Å². The van der Waals surface area contributed by atoms with E-state index in [1.165, 1.54) is 11.8 Å². The fraction of sp³-hybridized carbons (Fsp3) is 0.429. The summed E-state index contributed by atoms with van der Waals surface area (Å²) in [6, 6.07) is 7.07. The van der Waals surface area contributed by atoms with Crippen molar-refractivity contribution < 1.29 is 19.1 Å². The number of nitrogens with one attached hydrogen (secondary N) is 1. The van der Waals surface area contributed by atoms with Gasteiger partial charge in [-0.05, 0) is 38.1 Å². The summed E-state index contributed by atoms with van der Waals surface area (Å²) in [7, 11) is 1.59. The number of carbonyl (C=O) groups is 2. The monoisotopic (exact) mass is 297 g/mol. The molecule has 1 atom stereocenters. The number of anilines is 1. The van der Waals surface area contributed by atoms with Crippen molar-refractivity contribution in [2.75, 3.05) is 24.8 Å². The van der Waals surface area contributed by atoms with E-state index in [0.29, 0.717) is 12.3 Å². The minimum atomic E-state index is -0.332. The van der Waals surface area contributed by atoms with Crippen LogP contribution in [0.2, 0.25) is 0 Å². The number of thioether (sulfide) groups is 1. The van der Waals surface area contributed by atoms with Crippen LogP contribution in [0.3, 0.4) is 0 Å². The highest BCUT2D eigenvalue weighted by atomic mass is 32.2. The Bertz CT molecular complexity index is 447. The van der Waals surface area contributed by atoms with Gasteiger partial charge in [-0.15, -0.1) is 11.8 Å². The van der Waals surface area contributed by atoms with E-state index in [4.69, 9.17) is 9.47 Å². The van der Waals surface area contributed by atoms with Gasteiger partial charge >= 0.3 is 5.97 Å². The number of ether oxygens (including phenoxy) is 2. The molecule has 0 spiro atoms. The number of methoxy groups -OCH3 is 1. The van der Waals surface area contributed by atoms with Crippen LogP contribution in [0, 0.1) is 0 Å². The van der Waals surface area contributed by atoms with Crippen LogP contribution in [0.25, 0.3) is 0 Å². The lowest BCUT2D eigenvalue weighted by molar-refractivity contribution is -0.139. The van der Waals surface area contributed by atoms with Gasteiger partial charge in [0, 0.05) is 5.69 Å². The van der Waals surface area contributed by atoms with Crippen LogP contribution in [0.15, 0.2) is 24.3 Å². The molecule has 0 unspecified atom stereocenters. The number of hydrogen-bond acceptors (Lipinski definition) is 5. The van der Waals surface area contributed by atoms with Crippen LogP contribution in [0.5, 0.6) is 5.75 Å². The van der Waals surface area contributed by atoms with E-state index in [1.807, 2.05) is 0 Å². The highest BCUT2D eigenvalue weighted by molar-refractivity contribution is 8.01. The summed E-state index contributed by atoms with van der Waals surface area (Å²) < 4.78 is 9.85. The second-order valence-electron chi connectivity index (χ2n) is 3.98. The molecule has 110 valence electrons. The maximum Gasteiger partial charge on any atom is 0.315 e. The first-order chi connectivity index (χ1) is 9.56. The van der Waals surface area contributed by atoms with Gasteiger partial charge in [0.1, 0.15) is 5.75 Å². The Kier molecular flexibility index (Phi) is 6.93. The molecule has 0 saturated carbocycles.